The second-order valence-electron chi connectivity index (χ2n) is 5.92. The van der Waals surface area contributed by atoms with Gasteiger partial charge < -0.3 is 4.42 Å². The molecule has 7 heteroatoms. The monoisotopic (exact) mass is 388 g/mol. The summed E-state index contributed by atoms with van der Waals surface area (Å²) in [5.74, 6) is 0.456. The molecule has 0 spiro atoms. The fourth-order valence-corrected chi connectivity index (χ4v) is 3.28. The molecule has 0 saturated carbocycles. The van der Waals surface area contributed by atoms with E-state index in [2.05, 4.69) is 20.5 Å². The van der Waals surface area contributed by atoms with Crippen LogP contribution in [0.1, 0.15) is 21.5 Å². The molecule has 2 heterocycles. The molecule has 4 rings (SSSR count). The highest BCUT2D eigenvalue weighted by molar-refractivity contribution is 7.98. The summed E-state index contributed by atoms with van der Waals surface area (Å²) in [4.78, 5) is 20.3. The molecule has 0 bridgehead atoms. The molecule has 2 aromatic heterocycles. The minimum atomic E-state index is -0.296. The van der Waals surface area contributed by atoms with Crippen molar-refractivity contribution >= 4 is 35.0 Å². The summed E-state index contributed by atoms with van der Waals surface area (Å²) in [6.45, 7) is 0. The van der Waals surface area contributed by atoms with Crippen molar-refractivity contribution in [2.45, 2.75) is 11.0 Å². The molecule has 138 valence electrons. The van der Waals surface area contributed by atoms with Gasteiger partial charge in [-0.3, -0.25) is 9.78 Å². The van der Waals surface area contributed by atoms with Crippen LogP contribution >= 0.6 is 11.8 Å². The second kappa shape index (κ2) is 8.49. The van der Waals surface area contributed by atoms with Gasteiger partial charge in [-0.05, 0) is 35.4 Å². The van der Waals surface area contributed by atoms with E-state index in [4.69, 9.17) is 4.42 Å². The van der Waals surface area contributed by atoms with Crippen LogP contribution in [-0.2, 0) is 5.75 Å². The Labute approximate surface area is 165 Å². The lowest BCUT2D eigenvalue weighted by Gasteiger charge is -2.00. The molecular weight excluding hydrogens is 372 g/mol. The smallest absolute Gasteiger partial charge is 0.272 e. The molecule has 0 atom stereocenters. The molecule has 0 radical (unpaired) electrons. The Morgan fingerprint density at radius 3 is 2.75 bits per heavy atom. The van der Waals surface area contributed by atoms with Crippen LogP contribution in [0.4, 0.5) is 0 Å². The molecule has 6 nitrogen and oxygen atoms in total. The van der Waals surface area contributed by atoms with Gasteiger partial charge in [0.15, 0.2) is 5.58 Å². The minimum Gasteiger partial charge on any atom is -0.431 e. The Balaban J connectivity index is 1.31. The number of pyridine rings is 1. The Morgan fingerprint density at radius 2 is 1.96 bits per heavy atom. The number of carbonyl (C=O) groups is 1. The lowest BCUT2D eigenvalue weighted by molar-refractivity contribution is 0.0955. The number of thioether (sulfide) groups is 1. The van der Waals surface area contributed by atoms with Gasteiger partial charge in [0, 0.05) is 18.1 Å². The van der Waals surface area contributed by atoms with E-state index in [1.807, 2.05) is 48.5 Å². The molecule has 0 aliphatic carbocycles. The number of benzene rings is 2. The average molecular weight is 388 g/mol. The van der Waals surface area contributed by atoms with Crippen molar-refractivity contribution in [3.63, 3.8) is 0 Å². The molecule has 0 fully saturated rings. The molecular formula is C21H16N4O2S. The summed E-state index contributed by atoms with van der Waals surface area (Å²) >= 11 is 1.55. The van der Waals surface area contributed by atoms with Gasteiger partial charge in [-0.15, -0.1) is 0 Å². The van der Waals surface area contributed by atoms with Crippen molar-refractivity contribution in [2.24, 2.45) is 5.10 Å². The van der Waals surface area contributed by atoms with Crippen LogP contribution in [0.3, 0.4) is 0 Å². The van der Waals surface area contributed by atoms with Gasteiger partial charge in [0.2, 0.25) is 0 Å². The minimum absolute atomic E-state index is 0.296. The molecule has 1 N–H and O–H groups in total. The van der Waals surface area contributed by atoms with Crippen molar-refractivity contribution in [2.75, 3.05) is 0 Å². The third-order valence-corrected chi connectivity index (χ3v) is 4.82. The first-order valence-corrected chi connectivity index (χ1v) is 9.57. The number of hydrazone groups is 1. The van der Waals surface area contributed by atoms with Crippen LogP contribution in [0.5, 0.6) is 0 Å². The van der Waals surface area contributed by atoms with Crippen LogP contribution in [-0.4, -0.2) is 22.1 Å². The number of aromatic nitrogens is 2. The number of carbonyl (C=O) groups excluding carboxylic acids is 1. The maximum Gasteiger partial charge on any atom is 0.272 e. The van der Waals surface area contributed by atoms with Gasteiger partial charge in [0.1, 0.15) is 5.52 Å². The van der Waals surface area contributed by atoms with Gasteiger partial charge >= 0.3 is 0 Å². The zero-order valence-corrected chi connectivity index (χ0v) is 15.6. The van der Waals surface area contributed by atoms with Crippen LogP contribution in [0.25, 0.3) is 11.1 Å². The topological polar surface area (TPSA) is 80.4 Å². The molecule has 0 unspecified atom stereocenters. The highest BCUT2D eigenvalue weighted by Gasteiger charge is 2.06. The summed E-state index contributed by atoms with van der Waals surface area (Å²) in [7, 11) is 0. The van der Waals surface area contributed by atoms with Crippen LogP contribution in [0, 0.1) is 0 Å². The molecule has 0 aliphatic rings. The number of amides is 1. The van der Waals surface area contributed by atoms with Gasteiger partial charge in [-0.25, -0.2) is 10.4 Å². The molecule has 2 aromatic carbocycles. The predicted octanol–water partition coefficient (Wildman–Crippen LogP) is 4.28. The Kier molecular flexibility index (Phi) is 5.44. The molecule has 1 amide bonds. The quantitative estimate of drug-likeness (QED) is 0.303. The van der Waals surface area contributed by atoms with Crippen LogP contribution in [0.15, 0.2) is 87.8 Å². The maximum atomic E-state index is 11.9. The van der Waals surface area contributed by atoms with E-state index in [-0.39, 0.29) is 5.91 Å². The standard InChI is InChI=1S/C21H16N4O2S/c26-20(17-4-3-11-22-13-17)25-23-12-15-7-9-16(10-8-15)14-28-21-24-18-5-1-2-6-19(18)27-21/h1-13H,14H2,(H,25,26)/b23-12+. The van der Waals surface area contributed by atoms with Gasteiger partial charge in [-0.1, -0.05) is 48.2 Å². The van der Waals surface area contributed by atoms with Crippen LogP contribution in [0.2, 0.25) is 0 Å². The van der Waals surface area contributed by atoms with E-state index in [0.717, 1.165) is 28.0 Å². The van der Waals surface area contributed by atoms with Crippen molar-refractivity contribution in [1.29, 1.82) is 0 Å². The average Bonchev–Trinajstić information content (AvgIpc) is 3.17. The number of para-hydroxylation sites is 2. The third kappa shape index (κ3) is 4.44. The van der Waals surface area contributed by atoms with Crippen molar-refractivity contribution in [1.82, 2.24) is 15.4 Å². The van der Waals surface area contributed by atoms with Gasteiger partial charge in [-0.2, -0.15) is 5.10 Å². The lowest BCUT2D eigenvalue weighted by atomic mass is 10.2. The summed E-state index contributed by atoms with van der Waals surface area (Å²) in [6, 6.07) is 19.0. The fraction of sp³-hybridized carbons (Fsp3) is 0.0476. The predicted molar refractivity (Wildman–Crippen MR) is 109 cm³/mol. The number of hydrogen-bond donors (Lipinski definition) is 1. The molecule has 0 saturated heterocycles. The Morgan fingerprint density at radius 1 is 1.11 bits per heavy atom. The largest absolute Gasteiger partial charge is 0.431 e. The summed E-state index contributed by atoms with van der Waals surface area (Å²) in [5.41, 5.74) is 6.65. The molecule has 0 aliphatic heterocycles. The first kappa shape index (κ1) is 17.9. The first-order valence-electron chi connectivity index (χ1n) is 8.59. The number of nitrogens with one attached hydrogen (secondary N) is 1. The van der Waals surface area contributed by atoms with E-state index in [1.54, 1.807) is 36.3 Å². The van der Waals surface area contributed by atoms with E-state index in [9.17, 15) is 4.79 Å². The maximum absolute atomic E-state index is 11.9. The number of fused-ring (bicyclic) bond motifs is 1. The fourth-order valence-electron chi connectivity index (χ4n) is 2.48. The lowest BCUT2D eigenvalue weighted by Crippen LogP contribution is -2.17. The van der Waals surface area contributed by atoms with E-state index >= 15 is 0 Å². The SMILES string of the molecule is O=C(N/N=C/c1ccc(CSc2nc3ccccc3o2)cc1)c1cccnc1. The van der Waals surface area contributed by atoms with Crippen molar-refractivity contribution < 1.29 is 9.21 Å². The van der Waals surface area contributed by atoms with Crippen LogP contribution < -0.4 is 5.43 Å². The number of rotatable bonds is 6. The molecule has 4 aromatic rings. The van der Waals surface area contributed by atoms with E-state index < -0.39 is 0 Å². The Hall–Kier alpha value is -3.45. The first-order chi connectivity index (χ1) is 13.8. The summed E-state index contributed by atoms with van der Waals surface area (Å²) < 4.78 is 5.71. The Bertz CT molecular complexity index is 1080. The number of hydrogen-bond acceptors (Lipinski definition) is 6. The highest BCUT2D eigenvalue weighted by atomic mass is 32.2. The highest BCUT2D eigenvalue weighted by Crippen LogP contribution is 2.26. The van der Waals surface area contributed by atoms with Crippen molar-refractivity contribution in [3.05, 3.63) is 89.7 Å². The second-order valence-corrected chi connectivity index (χ2v) is 6.85. The number of oxazole rings is 1. The van der Waals surface area contributed by atoms with E-state index in [1.165, 1.54) is 6.20 Å². The normalized spacial score (nSPS) is 11.1. The number of nitrogens with zero attached hydrogens (tertiary/aromatic N) is 3. The summed E-state index contributed by atoms with van der Waals surface area (Å²) in [6.07, 6.45) is 4.71. The van der Waals surface area contributed by atoms with Gasteiger partial charge in [0.25, 0.3) is 11.1 Å². The van der Waals surface area contributed by atoms with Gasteiger partial charge in [0.05, 0.1) is 11.8 Å². The third-order valence-electron chi connectivity index (χ3n) is 3.92. The molecule has 28 heavy (non-hydrogen) atoms. The zero-order chi connectivity index (χ0) is 19.2. The van der Waals surface area contributed by atoms with E-state index in [0.29, 0.717) is 10.8 Å². The van der Waals surface area contributed by atoms with Crippen molar-refractivity contribution in [3.8, 4) is 0 Å². The summed E-state index contributed by atoms with van der Waals surface area (Å²) in [5, 5.41) is 4.64. The zero-order valence-electron chi connectivity index (χ0n) is 14.8.